The molecule has 0 unspecified atom stereocenters. The van der Waals surface area contributed by atoms with Crippen LogP contribution in [0.25, 0.3) is 0 Å². The minimum atomic E-state index is -3.59. The molecule has 1 aromatic rings. The fourth-order valence-electron chi connectivity index (χ4n) is 3.73. The largest absolute Gasteiger partial charge is 0.390 e. The second-order valence-corrected chi connectivity index (χ2v) is 8.19. The van der Waals surface area contributed by atoms with Gasteiger partial charge in [0, 0.05) is 19.0 Å². The minimum Gasteiger partial charge on any atom is -0.390 e. The first-order chi connectivity index (χ1) is 9.84. The molecule has 0 amide bonds. The van der Waals surface area contributed by atoms with Crippen molar-refractivity contribution in [3.8, 4) is 0 Å². The highest BCUT2D eigenvalue weighted by Gasteiger charge is 2.46. The zero-order valence-corrected chi connectivity index (χ0v) is 13.3. The smallest absolute Gasteiger partial charge is 0.248 e. The Bertz CT molecular complexity index is 620. The second-order valence-electron chi connectivity index (χ2n) is 6.31. The van der Waals surface area contributed by atoms with Crippen molar-refractivity contribution >= 4 is 10.0 Å². The van der Waals surface area contributed by atoms with Gasteiger partial charge in [0.2, 0.25) is 10.0 Å². The first kappa shape index (κ1) is 15.0. The van der Waals surface area contributed by atoms with E-state index >= 15 is 0 Å². The lowest BCUT2D eigenvalue weighted by atomic mass is 9.72. The summed E-state index contributed by atoms with van der Waals surface area (Å²) in [5.74, 6) is 0.368. The Balaban J connectivity index is 1.88. The van der Waals surface area contributed by atoms with Crippen molar-refractivity contribution in [1.29, 1.82) is 0 Å². The van der Waals surface area contributed by atoms with Crippen LogP contribution < -0.4 is 0 Å². The van der Waals surface area contributed by atoms with Crippen LogP contribution in [0.3, 0.4) is 0 Å². The predicted octanol–water partition coefficient (Wildman–Crippen LogP) is 1.61. The molecule has 1 aliphatic heterocycles. The summed E-state index contributed by atoms with van der Waals surface area (Å²) in [6.07, 6.45) is 4.29. The number of aromatic nitrogens is 1. The van der Waals surface area contributed by atoms with E-state index in [0.717, 1.165) is 25.7 Å². The van der Waals surface area contributed by atoms with E-state index < -0.39 is 15.6 Å². The van der Waals surface area contributed by atoms with E-state index in [1.54, 1.807) is 13.8 Å². The van der Waals surface area contributed by atoms with Gasteiger partial charge in [-0.1, -0.05) is 18.0 Å². The monoisotopic (exact) mass is 314 g/mol. The van der Waals surface area contributed by atoms with Gasteiger partial charge in [-0.05, 0) is 33.1 Å². The number of hydrogen-bond donors (Lipinski definition) is 1. The van der Waals surface area contributed by atoms with Gasteiger partial charge in [-0.2, -0.15) is 4.31 Å². The molecule has 7 heteroatoms. The third-order valence-corrected chi connectivity index (χ3v) is 7.07. The van der Waals surface area contributed by atoms with Gasteiger partial charge in [-0.3, -0.25) is 0 Å². The highest BCUT2D eigenvalue weighted by molar-refractivity contribution is 7.89. The Hall–Kier alpha value is -0.920. The molecule has 2 aliphatic rings. The Morgan fingerprint density at radius 3 is 2.76 bits per heavy atom. The van der Waals surface area contributed by atoms with Crippen LogP contribution in [0.15, 0.2) is 9.42 Å². The third kappa shape index (κ3) is 2.41. The van der Waals surface area contributed by atoms with E-state index in [9.17, 15) is 13.5 Å². The van der Waals surface area contributed by atoms with Crippen LogP contribution in [0.2, 0.25) is 0 Å². The summed E-state index contributed by atoms with van der Waals surface area (Å²) in [4.78, 5) is 0.184. The number of rotatable bonds is 2. The number of aliphatic hydroxyl groups is 1. The van der Waals surface area contributed by atoms with Crippen molar-refractivity contribution in [1.82, 2.24) is 9.46 Å². The van der Waals surface area contributed by atoms with Crippen LogP contribution in [-0.2, 0) is 10.0 Å². The fraction of sp³-hybridized carbons (Fsp3) is 0.786. The van der Waals surface area contributed by atoms with E-state index in [4.69, 9.17) is 4.52 Å². The van der Waals surface area contributed by atoms with E-state index in [2.05, 4.69) is 5.16 Å². The number of piperidine rings is 1. The summed E-state index contributed by atoms with van der Waals surface area (Å²) in [7, 11) is -3.59. The van der Waals surface area contributed by atoms with E-state index in [1.165, 1.54) is 4.31 Å². The molecule has 0 aromatic carbocycles. The molecule has 118 valence electrons. The number of sulfonamides is 1. The molecular weight excluding hydrogens is 292 g/mol. The first-order valence-electron chi connectivity index (χ1n) is 7.50. The zero-order valence-electron chi connectivity index (χ0n) is 12.5. The fourth-order valence-corrected chi connectivity index (χ4v) is 5.51. The summed E-state index contributed by atoms with van der Waals surface area (Å²) in [6.45, 7) is 4.01. The van der Waals surface area contributed by atoms with Crippen LogP contribution in [-0.4, -0.2) is 41.7 Å². The second kappa shape index (κ2) is 5.07. The zero-order chi connectivity index (χ0) is 15.3. The predicted molar refractivity (Wildman–Crippen MR) is 76.3 cm³/mol. The van der Waals surface area contributed by atoms with Gasteiger partial charge in [-0.15, -0.1) is 0 Å². The summed E-state index contributed by atoms with van der Waals surface area (Å²) in [6, 6.07) is 0. The maximum Gasteiger partial charge on any atom is 0.248 e. The molecular formula is C14H22N2O4S. The molecule has 0 bridgehead atoms. The van der Waals surface area contributed by atoms with Crippen molar-refractivity contribution in [2.45, 2.75) is 56.4 Å². The van der Waals surface area contributed by atoms with Crippen LogP contribution in [0.4, 0.5) is 0 Å². The van der Waals surface area contributed by atoms with Gasteiger partial charge in [-0.25, -0.2) is 8.42 Å². The average molecular weight is 314 g/mol. The van der Waals surface area contributed by atoms with Crippen LogP contribution in [0, 0.1) is 19.8 Å². The van der Waals surface area contributed by atoms with Gasteiger partial charge in [0.1, 0.15) is 10.6 Å². The summed E-state index contributed by atoms with van der Waals surface area (Å²) in [5, 5.41) is 14.4. The molecule has 1 aliphatic carbocycles. The molecule has 3 rings (SSSR count). The molecule has 0 radical (unpaired) electrons. The van der Waals surface area contributed by atoms with Gasteiger partial charge in [0.25, 0.3) is 0 Å². The molecule has 1 aromatic heterocycles. The molecule has 1 saturated heterocycles. The van der Waals surface area contributed by atoms with Gasteiger partial charge in [0.15, 0.2) is 5.76 Å². The molecule has 2 fully saturated rings. The normalized spacial score (nSPS) is 31.1. The van der Waals surface area contributed by atoms with Crippen molar-refractivity contribution in [3.63, 3.8) is 0 Å². The van der Waals surface area contributed by atoms with E-state index in [0.29, 0.717) is 31.0 Å². The Labute approximate surface area is 125 Å². The third-order valence-electron chi connectivity index (χ3n) is 4.96. The standard InChI is InChI=1S/C14H22N2O4S/c1-10-13(11(2)20-15-10)21(18,19)16-8-7-14(17)6-4-3-5-12(14)9-16/h12,17H,3-9H2,1-2H3/t12-,14+/m0/s1. The Morgan fingerprint density at radius 2 is 2.10 bits per heavy atom. The van der Waals surface area contributed by atoms with Crippen molar-refractivity contribution in [2.75, 3.05) is 13.1 Å². The van der Waals surface area contributed by atoms with Crippen LogP contribution >= 0.6 is 0 Å². The molecule has 6 nitrogen and oxygen atoms in total. The summed E-state index contributed by atoms with van der Waals surface area (Å²) < 4.78 is 32.1. The van der Waals surface area contributed by atoms with Gasteiger partial charge in [0.05, 0.1) is 5.60 Å². The number of fused-ring (bicyclic) bond motifs is 1. The van der Waals surface area contributed by atoms with Crippen molar-refractivity contribution < 1.29 is 18.0 Å². The lowest BCUT2D eigenvalue weighted by Crippen LogP contribution is -2.54. The van der Waals surface area contributed by atoms with Gasteiger partial charge < -0.3 is 9.63 Å². The minimum absolute atomic E-state index is 0.0373. The summed E-state index contributed by atoms with van der Waals surface area (Å²) >= 11 is 0. The number of hydrogen-bond acceptors (Lipinski definition) is 5. The topological polar surface area (TPSA) is 83.6 Å². The lowest BCUT2D eigenvalue weighted by Gasteiger charge is -2.46. The molecule has 2 atom stereocenters. The SMILES string of the molecule is Cc1noc(C)c1S(=O)(=O)N1CC[C@]2(O)CCCC[C@H]2C1. The maximum absolute atomic E-state index is 12.8. The van der Waals surface area contributed by atoms with E-state index in [1.807, 2.05) is 0 Å². The first-order valence-corrected chi connectivity index (χ1v) is 8.94. The molecule has 2 heterocycles. The Morgan fingerprint density at radius 1 is 1.33 bits per heavy atom. The number of aryl methyl sites for hydroxylation is 2. The highest BCUT2D eigenvalue weighted by Crippen LogP contribution is 2.41. The highest BCUT2D eigenvalue weighted by atomic mass is 32.2. The quantitative estimate of drug-likeness (QED) is 0.896. The maximum atomic E-state index is 12.8. The van der Waals surface area contributed by atoms with Crippen molar-refractivity contribution in [2.24, 2.45) is 5.92 Å². The average Bonchev–Trinajstić information content (AvgIpc) is 2.77. The van der Waals surface area contributed by atoms with Crippen molar-refractivity contribution in [3.05, 3.63) is 11.5 Å². The molecule has 1 N–H and O–H groups in total. The molecule has 1 saturated carbocycles. The van der Waals surface area contributed by atoms with E-state index in [-0.39, 0.29) is 10.8 Å². The van der Waals surface area contributed by atoms with Crippen LogP contribution in [0.1, 0.15) is 43.6 Å². The molecule has 21 heavy (non-hydrogen) atoms. The lowest BCUT2D eigenvalue weighted by molar-refractivity contribution is -0.0816. The summed E-state index contributed by atoms with van der Waals surface area (Å²) in [5.41, 5.74) is -0.278. The molecule has 0 spiro atoms. The Kier molecular flexibility index (Phi) is 3.62. The van der Waals surface area contributed by atoms with Gasteiger partial charge >= 0.3 is 0 Å². The number of nitrogens with zero attached hydrogens (tertiary/aromatic N) is 2. The van der Waals surface area contributed by atoms with Crippen LogP contribution in [0.5, 0.6) is 0 Å².